The molecule has 0 bridgehead atoms. The molecule has 4 rings (SSSR count). The monoisotopic (exact) mass is 376 g/mol. The van der Waals surface area contributed by atoms with Crippen LogP contribution in [0.15, 0.2) is 66.7 Å². The van der Waals surface area contributed by atoms with Gasteiger partial charge in [0.15, 0.2) is 0 Å². The summed E-state index contributed by atoms with van der Waals surface area (Å²) in [4.78, 5) is 0. The van der Waals surface area contributed by atoms with Crippen molar-refractivity contribution in [3.63, 3.8) is 0 Å². The average molecular weight is 376 g/mol. The Kier molecular flexibility index (Phi) is 5.11. The van der Waals surface area contributed by atoms with Gasteiger partial charge in [-0.1, -0.05) is 36.4 Å². The van der Waals surface area contributed by atoms with Crippen molar-refractivity contribution in [3.8, 4) is 23.0 Å². The number of methoxy groups -OCH3 is 3. The van der Waals surface area contributed by atoms with Gasteiger partial charge in [0.1, 0.15) is 29.1 Å². The highest BCUT2D eigenvalue weighted by molar-refractivity contribution is 5.48. The molecule has 3 aromatic carbocycles. The fourth-order valence-electron chi connectivity index (χ4n) is 3.87. The van der Waals surface area contributed by atoms with Crippen LogP contribution in [0.5, 0.6) is 23.0 Å². The fourth-order valence-corrected chi connectivity index (χ4v) is 3.87. The summed E-state index contributed by atoms with van der Waals surface area (Å²) in [6, 6.07) is 22.3. The lowest BCUT2D eigenvalue weighted by molar-refractivity contribution is 0.149. The topological polar surface area (TPSA) is 36.9 Å². The van der Waals surface area contributed by atoms with Crippen LogP contribution < -0.4 is 18.9 Å². The van der Waals surface area contributed by atoms with E-state index >= 15 is 0 Å². The van der Waals surface area contributed by atoms with Crippen LogP contribution in [0, 0.1) is 0 Å². The van der Waals surface area contributed by atoms with E-state index in [1.54, 1.807) is 21.3 Å². The molecule has 1 aliphatic heterocycles. The molecule has 0 radical (unpaired) electrons. The Labute approximate surface area is 165 Å². The van der Waals surface area contributed by atoms with Crippen molar-refractivity contribution in [1.82, 2.24) is 0 Å². The van der Waals surface area contributed by atoms with Gasteiger partial charge in [0.2, 0.25) is 0 Å². The van der Waals surface area contributed by atoms with Crippen LogP contribution in [0.3, 0.4) is 0 Å². The number of fused-ring (bicyclic) bond motifs is 1. The van der Waals surface area contributed by atoms with Crippen LogP contribution in [0.4, 0.5) is 0 Å². The normalized spacial score (nSPS) is 18.0. The van der Waals surface area contributed by atoms with Gasteiger partial charge in [-0.05, 0) is 41.8 Å². The van der Waals surface area contributed by atoms with Crippen LogP contribution in [-0.2, 0) is 6.42 Å². The Hall–Kier alpha value is -3.14. The van der Waals surface area contributed by atoms with E-state index in [0.29, 0.717) is 0 Å². The SMILES string of the molecule is COc1cccc(C2Oc3ccccc3CC2c2ccc(OC)cc2OC)c1. The molecular formula is C24H24O4. The van der Waals surface area contributed by atoms with E-state index in [4.69, 9.17) is 18.9 Å². The Morgan fingerprint density at radius 3 is 2.36 bits per heavy atom. The van der Waals surface area contributed by atoms with Crippen LogP contribution in [0.2, 0.25) is 0 Å². The van der Waals surface area contributed by atoms with Gasteiger partial charge in [-0.25, -0.2) is 0 Å². The van der Waals surface area contributed by atoms with E-state index in [2.05, 4.69) is 24.3 Å². The van der Waals surface area contributed by atoms with Crippen molar-refractivity contribution < 1.29 is 18.9 Å². The lowest BCUT2D eigenvalue weighted by Crippen LogP contribution is -2.25. The van der Waals surface area contributed by atoms with Gasteiger partial charge in [0, 0.05) is 17.5 Å². The molecule has 3 aromatic rings. The van der Waals surface area contributed by atoms with Crippen molar-refractivity contribution in [3.05, 3.63) is 83.4 Å². The molecule has 0 N–H and O–H groups in total. The highest BCUT2D eigenvalue weighted by Gasteiger charge is 2.34. The maximum atomic E-state index is 6.50. The minimum absolute atomic E-state index is 0.0999. The zero-order valence-corrected chi connectivity index (χ0v) is 16.3. The summed E-state index contributed by atoms with van der Waals surface area (Å²) in [5.41, 5.74) is 3.38. The second-order valence-corrected chi connectivity index (χ2v) is 6.84. The average Bonchev–Trinajstić information content (AvgIpc) is 2.77. The zero-order chi connectivity index (χ0) is 19.5. The van der Waals surface area contributed by atoms with Gasteiger partial charge >= 0.3 is 0 Å². The molecule has 0 amide bonds. The summed E-state index contributed by atoms with van der Waals surface area (Å²) >= 11 is 0. The summed E-state index contributed by atoms with van der Waals surface area (Å²) in [6.45, 7) is 0. The second-order valence-electron chi connectivity index (χ2n) is 6.84. The maximum absolute atomic E-state index is 6.50. The molecule has 144 valence electrons. The summed E-state index contributed by atoms with van der Waals surface area (Å²) in [6.07, 6.45) is 0.716. The molecule has 4 nitrogen and oxygen atoms in total. The highest BCUT2D eigenvalue weighted by atomic mass is 16.5. The van der Waals surface area contributed by atoms with Gasteiger partial charge < -0.3 is 18.9 Å². The van der Waals surface area contributed by atoms with Gasteiger partial charge in [0.05, 0.1) is 21.3 Å². The summed E-state index contributed by atoms with van der Waals surface area (Å²) < 4.78 is 23.0. The first kappa shape index (κ1) is 18.2. The van der Waals surface area contributed by atoms with E-state index in [1.165, 1.54) is 5.56 Å². The maximum Gasteiger partial charge on any atom is 0.131 e. The zero-order valence-electron chi connectivity index (χ0n) is 16.3. The quantitative estimate of drug-likeness (QED) is 0.615. The number of hydrogen-bond donors (Lipinski definition) is 0. The predicted octanol–water partition coefficient (Wildman–Crippen LogP) is 5.17. The molecule has 0 fully saturated rings. The standard InChI is InChI=1S/C24H24O4/c1-25-18-9-6-8-17(13-18)24-21(14-16-7-4-5-10-22(16)28-24)20-12-11-19(26-2)15-23(20)27-3/h4-13,15,21,24H,14H2,1-3H3. The van der Waals surface area contributed by atoms with Crippen LogP contribution in [0.25, 0.3) is 0 Å². The predicted molar refractivity (Wildman–Crippen MR) is 109 cm³/mol. The third kappa shape index (κ3) is 3.38. The van der Waals surface area contributed by atoms with E-state index in [0.717, 1.165) is 40.5 Å². The molecule has 2 atom stereocenters. The Morgan fingerprint density at radius 1 is 0.786 bits per heavy atom. The molecule has 0 aliphatic carbocycles. The van der Waals surface area contributed by atoms with Crippen LogP contribution >= 0.6 is 0 Å². The van der Waals surface area contributed by atoms with E-state index in [-0.39, 0.29) is 12.0 Å². The molecule has 0 saturated heterocycles. The molecule has 2 unspecified atom stereocenters. The fraction of sp³-hybridized carbons (Fsp3) is 0.250. The van der Waals surface area contributed by atoms with Gasteiger partial charge in [-0.3, -0.25) is 0 Å². The third-order valence-corrected chi connectivity index (χ3v) is 5.29. The smallest absolute Gasteiger partial charge is 0.131 e. The lowest BCUT2D eigenvalue weighted by atomic mass is 9.81. The van der Waals surface area contributed by atoms with Crippen LogP contribution in [0.1, 0.15) is 28.7 Å². The molecule has 1 heterocycles. The summed E-state index contributed by atoms with van der Waals surface area (Å²) in [5, 5.41) is 0. The van der Waals surface area contributed by atoms with Crippen molar-refractivity contribution in [2.75, 3.05) is 21.3 Å². The van der Waals surface area contributed by atoms with Gasteiger partial charge in [-0.15, -0.1) is 0 Å². The Bertz CT molecular complexity index is 966. The highest BCUT2D eigenvalue weighted by Crippen LogP contribution is 2.47. The number of ether oxygens (including phenoxy) is 4. The van der Waals surface area contributed by atoms with Crippen molar-refractivity contribution in [2.45, 2.75) is 18.4 Å². The third-order valence-electron chi connectivity index (χ3n) is 5.29. The minimum Gasteiger partial charge on any atom is -0.497 e. The van der Waals surface area contributed by atoms with Crippen molar-refractivity contribution >= 4 is 0 Å². The molecule has 28 heavy (non-hydrogen) atoms. The first-order valence-electron chi connectivity index (χ1n) is 9.34. The summed E-state index contributed by atoms with van der Waals surface area (Å²) in [7, 11) is 5.03. The molecule has 0 spiro atoms. The largest absolute Gasteiger partial charge is 0.497 e. The van der Waals surface area contributed by atoms with Crippen molar-refractivity contribution in [1.29, 1.82) is 0 Å². The first-order chi connectivity index (χ1) is 13.7. The second kappa shape index (κ2) is 7.85. The molecule has 0 saturated carbocycles. The number of para-hydroxylation sites is 1. The Morgan fingerprint density at radius 2 is 1.57 bits per heavy atom. The Balaban J connectivity index is 1.82. The summed E-state index contributed by atoms with van der Waals surface area (Å²) in [5.74, 6) is 3.43. The molecule has 4 heteroatoms. The van der Waals surface area contributed by atoms with E-state index in [9.17, 15) is 0 Å². The number of hydrogen-bond acceptors (Lipinski definition) is 4. The lowest BCUT2D eigenvalue weighted by Gasteiger charge is -2.35. The first-order valence-corrected chi connectivity index (χ1v) is 9.34. The van der Waals surface area contributed by atoms with Gasteiger partial charge in [-0.2, -0.15) is 0 Å². The van der Waals surface area contributed by atoms with Gasteiger partial charge in [0.25, 0.3) is 0 Å². The van der Waals surface area contributed by atoms with E-state index in [1.807, 2.05) is 42.5 Å². The molecule has 1 aliphatic rings. The molecule has 0 aromatic heterocycles. The number of rotatable bonds is 5. The minimum atomic E-state index is -0.146. The van der Waals surface area contributed by atoms with Crippen molar-refractivity contribution in [2.24, 2.45) is 0 Å². The van der Waals surface area contributed by atoms with E-state index < -0.39 is 0 Å². The number of benzene rings is 3. The van der Waals surface area contributed by atoms with Crippen LogP contribution in [-0.4, -0.2) is 21.3 Å². The molecular weight excluding hydrogens is 352 g/mol.